The highest BCUT2D eigenvalue weighted by Crippen LogP contribution is 2.37. The zero-order valence-electron chi connectivity index (χ0n) is 12.1. The fourth-order valence-electron chi connectivity index (χ4n) is 2.48. The van der Waals surface area contributed by atoms with Gasteiger partial charge in [0.2, 0.25) is 5.95 Å². The molecule has 1 aliphatic heterocycles. The topological polar surface area (TPSA) is 79.1 Å². The highest BCUT2D eigenvalue weighted by Gasteiger charge is 2.22. The second kappa shape index (κ2) is 5.06. The van der Waals surface area contributed by atoms with Crippen molar-refractivity contribution >= 4 is 23.2 Å². The van der Waals surface area contributed by atoms with Gasteiger partial charge in [0.1, 0.15) is 5.82 Å². The first-order chi connectivity index (χ1) is 10.1. The Bertz CT molecular complexity index is 709. The van der Waals surface area contributed by atoms with Crippen LogP contribution in [-0.2, 0) is 6.54 Å². The average Bonchev–Trinajstić information content (AvgIpc) is 2.77. The predicted octanol–water partition coefficient (Wildman–Crippen LogP) is 2.23. The minimum Gasteiger partial charge on any atom is -0.370 e. The van der Waals surface area contributed by atoms with Gasteiger partial charge in [0.15, 0.2) is 0 Å². The SMILES string of the molecule is C=C1c2c(cccc2Nc2nc(NN)ncc2C)CN1C. The van der Waals surface area contributed by atoms with E-state index in [0.717, 1.165) is 34.9 Å². The number of nitrogens with two attached hydrogens (primary N) is 1. The summed E-state index contributed by atoms with van der Waals surface area (Å²) in [6.45, 7) is 6.98. The number of nitrogens with zero attached hydrogens (tertiary/aromatic N) is 3. The predicted molar refractivity (Wildman–Crippen MR) is 84.8 cm³/mol. The Morgan fingerprint density at radius 3 is 2.95 bits per heavy atom. The van der Waals surface area contributed by atoms with Gasteiger partial charge in [-0.05, 0) is 18.6 Å². The average molecular weight is 282 g/mol. The van der Waals surface area contributed by atoms with E-state index in [1.54, 1.807) is 6.20 Å². The molecule has 21 heavy (non-hydrogen) atoms. The van der Waals surface area contributed by atoms with Crippen LogP contribution in [-0.4, -0.2) is 21.9 Å². The van der Waals surface area contributed by atoms with E-state index in [2.05, 4.69) is 38.3 Å². The second-order valence-electron chi connectivity index (χ2n) is 5.14. The van der Waals surface area contributed by atoms with E-state index >= 15 is 0 Å². The summed E-state index contributed by atoms with van der Waals surface area (Å²) in [5, 5.41) is 3.36. The number of aromatic nitrogens is 2. The molecule has 4 N–H and O–H groups in total. The molecule has 0 saturated carbocycles. The number of hydrogen-bond donors (Lipinski definition) is 3. The summed E-state index contributed by atoms with van der Waals surface area (Å²) in [5.74, 6) is 6.48. The van der Waals surface area contributed by atoms with Crippen LogP contribution in [0.25, 0.3) is 5.70 Å². The molecule has 0 unspecified atom stereocenters. The van der Waals surface area contributed by atoms with Gasteiger partial charge in [-0.1, -0.05) is 18.7 Å². The van der Waals surface area contributed by atoms with Gasteiger partial charge in [0.25, 0.3) is 0 Å². The van der Waals surface area contributed by atoms with E-state index in [-0.39, 0.29) is 0 Å². The lowest BCUT2D eigenvalue weighted by Crippen LogP contribution is -2.12. The fourth-order valence-corrected chi connectivity index (χ4v) is 2.48. The highest BCUT2D eigenvalue weighted by molar-refractivity contribution is 5.81. The van der Waals surface area contributed by atoms with E-state index in [9.17, 15) is 0 Å². The molecule has 0 fully saturated rings. The zero-order valence-corrected chi connectivity index (χ0v) is 12.1. The number of fused-ring (bicyclic) bond motifs is 1. The smallest absolute Gasteiger partial charge is 0.239 e. The lowest BCUT2D eigenvalue weighted by Gasteiger charge is -2.15. The Morgan fingerprint density at radius 2 is 2.19 bits per heavy atom. The molecule has 0 atom stereocenters. The molecule has 6 nitrogen and oxygen atoms in total. The van der Waals surface area contributed by atoms with Crippen LogP contribution in [0.15, 0.2) is 31.0 Å². The van der Waals surface area contributed by atoms with Crippen LogP contribution >= 0.6 is 0 Å². The molecule has 1 aromatic heterocycles. The first kappa shape index (κ1) is 13.4. The van der Waals surface area contributed by atoms with Crippen LogP contribution in [0.2, 0.25) is 0 Å². The summed E-state index contributed by atoms with van der Waals surface area (Å²) in [7, 11) is 2.04. The van der Waals surface area contributed by atoms with Crippen molar-refractivity contribution in [2.75, 3.05) is 17.8 Å². The minimum atomic E-state index is 0.381. The number of rotatable bonds is 3. The molecule has 0 aliphatic carbocycles. The van der Waals surface area contributed by atoms with E-state index < -0.39 is 0 Å². The van der Waals surface area contributed by atoms with E-state index in [1.807, 2.05) is 26.1 Å². The van der Waals surface area contributed by atoms with Crippen LogP contribution in [0.5, 0.6) is 0 Å². The van der Waals surface area contributed by atoms with Crippen molar-refractivity contribution in [3.05, 3.63) is 47.7 Å². The lowest BCUT2D eigenvalue weighted by molar-refractivity contribution is 0.501. The van der Waals surface area contributed by atoms with Crippen LogP contribution in [0, 0.1) is 6.92 Å². The third-order valence-corrected chi connectivity index (χ3v) is 3.66. The van der Waals surface area contributed by atoms with Crippen molar-refractivity contribution in [2.24, 2.45) is 5.84 Å². The first-order valence-corrected chi connectivity index (χ1v) is 6.69. The molecule has 0 bridgehead atoms. The molecule has 1 aromatic carbocycles. The van der Waals surface area contributed by atoms with Gasteiger partial charge in [0, 0.05) is 42.3 Å². The summed E-state index contributed by atoms with van der Waals surface area (Å²) < 4.78 is 0. The number of anilines is 3. The Balaban J connectivity index is 2.01. The molecule has 0 amide bonds. The highest BCUT2D eigenvalue weighted by atomic mass is 15.3. The molecule has 1 aliphatic rings. The van der Waals surface area contributed by atoms with Gasteiger partial charge in [-0.15, -0.1) is 0 Å². The Hall–Kier alpha value is -2.60. The number of nitrogens with one attached hydrogen (secondary N) is 2. The van der Waals surface area contributed by atoms with Crippen LogP contribution in [0.3, 0.4) is 0 Å². The maximum absolute atomic E-state index is 5.37. The first-order valence-electron chi connectivity index (χ1n) is 6.69. The summed E-state index contributed by atoms with van der Waals surface area (Å²) in [6, 6.07) is 6.18. The van der Waals surface area contributed by atoms with E-state index in [1.165, 1.54) is 5.56 Å². The molecule has 108 valence electrons. The Kier molecular flexibility index (Phi) is 3.23. The second-order valence-corrected chi connectivity index (χ2v) is 5.14. The summed E-state index contributed by atoms with van der Waals surface area (Å²) in [5.41, 5.74) is 7.81. The van der Waals surface area contributed by atoms with Crippen molar-refractivity contribution in [3.63, 3.8) is 0 Å². The third kappa shape index (κ3) is 2.30. The summed E-state index contributed by atoms with van der Waals surface area (Å²) >= 11 is 0. The lowest BCUT2D eigenvalue weighted by atomic mass is 10.1. The molecular formula is C15H18N6. The number of hydrazine groups is 1. The fraction of sp³-hybridized carbons (Fsp3) is 0.200. The van der Waals surface area contributed by atoms with Gasteiger partial charge in [0.05, 0.1) is 0 Å². The van der Waals surface area contributed by atoms with Crippen molar-refractivity contribution in [1.82, 2.24) is 14.9 Å². The largest absolute Gasteiger partial charge is 0.370 e. The molecule has 2 heterocycles. The standard InChI is InChI=1S/C15H18N6/c1-9-7-17-15(20-16)19-14(9)18-12-6-4-5-11-8-21(3)10(2)13(11)12/h4-7H,2,8,16H2,1,3H3,(H2,17,18,19,20). The van der Waals surface area contributed by atoms with Gasteiger partial charge < -0.3 is 10.2 Å². The molecule has 6 heteroatoms. The molecule has 0 radical (unpaired) electrons. The molecule has 0 saturated heterocycles. The Morgan fingerprint density at radius 1 is 1.38 bits per heavy atom. The molecule has 2 aromatic rings. The number of nitrogen functional groups attached to an aromatic ring is 1. The monoisotopic (exact) mass is 282 g/mol. The number of aryl methyl sites for hydroxylation is 1. The minimum absolute atomic E-state index is 0.381. The maximum Gasteiger partial charge on any atom is 0.239 e. The van der Waals surface area contributed by atoms with Crippen LogP contribution < -0.4 is 16.6 Å². The van der Waals surface area contributed by atoms with Crippen molar-refractivity contribution in [1.29, 1.82) is 0 Å². The van der Waals surface area contributed by atoms with Gasteiger partial charge in [-0.3, -0.25) is 5.43 Å². The van der Waals surface area contributed by atoms with E-state index in [0.29, 0.717) is 5.95 Å². The number of benzene rings is 1. The molecular weight excluding hydrogens is 264 g/mol. The molecule has 3 rings (SSSR count). The third-order valence-electron chi connectivity index (χ3n) is 3.66. The molecule has 0 spiro atoms. The van der Waals surface area contributed by atoms with Crippen LogP contribution in [0.1, 0.15) is 16.7 Å². The zero-order chi connectivity index (χ0) is 15.0. The summed E-state index contributed by atoms with van der Waals surface area (Å²) in [6.07, 6.45) is 1.73. The van der Waals surface area contributed by atoms with Gasteiger partial charge >= 0.3 is 0 Å². The van der Waals surface area contributed by atoms with Crippen molar-refractivity contribution in [2.45, 2.75) is 13.5 Å². The van der Waals surface area contributed by atoms with Crippen molar-refractivity contribution < 1.29 is 0 Å². The van der Waals surface area contributed by atoms with Gasteiger partial charge in [-0.2, -0.15) is 4.98 Å². The normalized spacial score (nSPS) is 13.3. The van der Waals surface area contributed by atoms with Crippen molar-refractivity contribution in [3.8, 4) is 0 Å². The number of hydrogen-bond acceptors (Lipinski definition) is 6. The van der Waals surface area contributed by atoms with E-state index in [4.69, 9.17) is 5.84 Å². The van der Waals surface area contributed by atoms with Crippen LogP contribution in [0.4, 0.5) is 17.5 Å². The van der Waals surface area contributed by atoms with Gasteiger partial charge in [-0.25, -0.2) is 10.8 Å². The maximum atomic E-state index is 5.37. The Labute approximate surface area is 123 Å². The summed E-state index contributed by atoms with van der Waals surface area (Å²) in [4.78, 5) is 10.6. The quantitative estimate of drug-likeness (QED) is 0.592.